The molecule has 1 fully saturated rings. The Bertz CT molecular complexity index is 406. The predicted octanol–water partition coefficient (Wildman–Crippen LogP) is 1.44. The highest BCUT2D eigenvalue weighted by molar-refractivity contribution is 6.29. The minimum Gasteiger partial charge on any atom is -0.368 e. The maximum Gasteiger partial charge on any atom is 0.252 e. The van der Waals surface area contributed by atoms with Crippen LogP contribution in [0.1, 0.15) is 29.6 Å². The van der Waals surface area contributed by atoms with Crippen molar-refractivity contribution >= 4 is 23.3 Å². The zero-order valence-electron chi connectivity index (χ0n) is 8.74. The van der Waals surface area contributed by atoms with Crippen molar-refractivity contribution in [3.05, 3.63) is 16.8 Å². The zero-order valence-corrected chi connectivity index (χ0v) is 9.50. The van der Waals surface area contributed by atoms with Crippen LogP contribution in [0.3, 0.4) is 0 Å². The van der Waals surface area contributed by atoms with Crippen LogP contribution in [0, 0.1) is 5.92 Å². The van der Waals surface area contributed by atoms with Crippen molar-refractivity contribution in [2.75, 3.05) is 11.9 Å². The Morgan fingerprint density at radius 2 is 2.31 bits per heavy atom. The summed E-state index contributed by atoms with van der Waals surface area (Å²) < 4.78 is 0. The Morgan fingerprint density at radius 3 is 2.94 bits per heavy atom. The second-order valence-corrected chi connectivity index (χ2v) is 4.34. The molecule has 16 heavy (non-hydrogen) atoms. The lowest BCUT2D eigenvalue weighted by Gasteiger charge is -2.07. The summed E-state index contributed by atoms with van der Waals surface area (Å²) in [6.45, 7) is 0.779. The van der Waals surface area contributed by atoms with E-state index in [4.69, 9.17) is 17.3 Å². The summed E-state index contributed by atoms with van der Waals surface area (Å²) >= 11 is 5.65. The molecule has 5 nitrogen and oxygen atoms in total. The number of primary amides is 1. The van der Waals surface area contributed by atoms with Gasteiger partial charge in [0.05, 0.1) is 5.56 Å². The highest BCUT2D eigenvalue weighted by Gasteiger charge is 2.20. The van der Waals surface area contributed by atoms with Gasteiger partial charge in [-0.1, -0.05) is 24.4 Å². The van der Waals surface area contributed by atoms with Gasteiger partial charge in [0.1, 0.15) is 0 Å². The molecule has 0 spiro atoms. The molecule has 0 unspecified atom stereocenters. The number of aromatic nitrogens is 2. The fourth-order valence-corrected chi connectivity index (χ4v) is 1.63. The van der Waals surface area contributed by atoms with E-state index in [1.54, 1.807) is 0 Å². The summed E-state index contributed by atoms with van der Waals surface area (Å²) in [6, 6.07) is 1.43. The average Bonchev–Trinajstić information content (AvgIpc) is 3.04. The minimum absolute atomic E-state index is 0.168. The lowest BCUT2D eigenvalue weighted by molar-refractivity contribution is 0.100. The molecule has 1 aromatic heterocycles. The molecule has 2 rings (SSSR count). The number of nitrogens with two attached hydrogens (primary N) is 1. The number of nitrogens with one attached hydrogen (secondary N) is 1. The van der Waals surface area contributed by atoms with Crippen molar-refractivity contribution < 1.29 is 4.79 Å². The van der Waals surface area contributed by atoms with E-state index in [0.29, 0.717) is 5.82 Å². The van der Waals surface area contributed by atoms with E-state index < -0.39 is 5.91 Å². The molecule has 0 saturated heterocycles. The Labute approximate surface area is 98.4 Å². The van der Waals surface area contributed by atoms with Gasteiger partial charge in [0, 0.05) is 6.54 Å². The first-order valence-corrected chi connectivity index (χ1v) is 5.61. The number of hydrogen-bond acceptors (Lipinski definition) is 4. The van der Waals surface area contributed by atoms with E-state index >= 15 is 0 Å². The highest BCUT2D eigenvalue weighted by atomic mass is 35.5. The van der Waals surface area contributed by atoms with E-state index in [1.807, 2.05) is 0 Å². The molecule has 1 aliphatic rings. The zero-order chi connectivity index (χ0) is 11.5. The lowest BCUT2D eigenvalue weighted by Crippen LogP contribution is -2.17. The number of rotatable bonds is 5. The van der Waals surface area contributed by atoms with Gasteiger partial charge in [-0.3, -0.25) is 4.79 Å². The van der Waals surface area contributed by atoms with E-state index in [2.05, 4.69) is 15.5 Å². The Hall–Kier alpha value is -1.36. The standard InChI is InChI=1S/C10H13ClN4O/c11-8-5-7(9(12)16)10(15-14-8)13-4-3-6-1-2-6/h5-6H,1-4H2,(H2,12,16)(H,13,15). The van der Waals surface area contributed by atoms with Crippen LogP contribution in [0.15, 0.2) is 6.07 Å². The number of carbonyl (C=O) groups excluding carboxylic acids is 1. The molecule has 0 atom stereocenters. The van der Waals surface area contributed by atoms with Crippen LogP contribution < -0.4 is 11.1 Å². The first kappa shape index (κ1) is 11.1. The van der Waals surface area contributed by atoms with Gasteiger partial charge in [-0.05, 0) is 18.4 Å². The van der Waals surface area contributed by atoms with Crippen molar-refractivity contribution in [2.45, 2.75) is 19.3 Å². The van der Waals surface area contributed by atoms with Gasteiger partial charge in [0.25, 0.3) is 5.91 Å². The van der Waals surface area contributed by atoms with Crippen molar-refractivity contribution in [3.8, 4) is 0 Å². The van der Waals surface area contributed by atoms with Crippen LogP contribution in [0.25, 0.3) is 0 Å². The fourth-order valence-electron chi connectivity index (χ4n) is 1.49. The Balaban J connectivity index is 2.02. The third-order valence-electron chi connectivity index (χ3n) is 2.57. The van der Waals surface area contributed by atoms with Crippen LogP contribution in [-0.2, 0) is 0 Å². The molecule has 86 valence electrons. The normalized spacial score (nSPS) is 14.8. The second kappa shape index (κ2) is 4.65. The van der Waals surface area contributed by atoms with Crippen LogP contribution in [-0.4, -0.2) is 22.6 Å². The molecule has 1 heterocycles. The number of anilines is 1. The summed E-state index contributed by atoms with van der Waals surface area (Å²) in [5, 5.41) is 10.7. The van der Waals surface area contributed by atoms with Gasteiger partial charge in [0.2, 0.25) is 0 Å². The smallest absolute Gasteiger partial charge is 0.252 e. The molecule has 0 radical (unpaired) electrons. The van der Waals surface area contributed by atoms with Crippen molar-refractivity contribution in [1.29, 1.82) is 0 Å². The van der Waals surface area contributed by atoms with Crippen LogP contribution in [0.2, 0.25) is 5.15 Å². The Morgan fingerprint density at radius 1 is 1.56 bits per heavy atom. The molecule has 0 bridgehead atoms. The van der Waals surface area contributed by atoms with Gasteiger partial charge < -0.3 is 11.1 Å². The monoisotopic (exact) mass is 240 g/mol. The maximum atomic E-state index is 11.1. The van der Waals surface area contributed by atoms with Gasteiger partial charge in [0.15, 0.2) is 11.0 Å². The van der Waals surface area contributed by atoms with E-state index in [9.17, 15) is 4.79 Å². The summed E-state index contributed by atoms with van der Waals surface area (Å²) in [7, 11) is 0. The van der Waals surface area contributed by atoms with Crippen LogP contribution in [0.5, 0.6) is 0 Å². The van der Waals surface area contributed by atoms with Gasteiger partial charge in [-0.25, -0.2) is 0 Å². The molecule has 6 heteroatoms. The Kier molecular flexibility index (Phi) is 3.24. The predicted molar refractivity (Wildman–Crippen MR) is 61.4 cm³/mol. The topological polar surface area (TPSA) is 80.9 Å². The lowest BCUT2D eigenvalue weighted by atomic mass is 10.2. The number of amides is 1. The van der Waals surface area contributed by atoms with Crippen molar-refractivity contribution in [2.24, 2.45) is 11.7 Å². The average molecular weight is 241 g/mol. The summed E-state index contributed by atoms with van der Waals surface area (Å²) in [4.78, 5) is 11.1. The molecule has 1 aromatic rings. The number of hydrogen-bond donors (Lipinski definition) is 2. The SMILES string of the molecule is NC(=O)c1cc(Cl)nnc1NCCC1CC1. The van der Waals surface area contributed by atoms with Crippen molar-refractivity contribution in [3.63, 3.8) is 0 Å². The quantitative estimate of drug-likeness (QED) is 0.816. The molecule has 1 aliphatic carbocycles. The van der Waals surface area contributed by atoms with E-state index in [1.165, 1.54) is 18.9 Å². The summed E-state index contributed by atoms with van der Waals surface area (Å²) in [5.74, 6) is 0.688. The number of halogens is 1. The summed E-state index contributed by atoms with van der Waals surface area (Å²) in [6.07, 6.45) is 3.69. The highest BCUT2D eigenvalue weighted by Crippen LogP contribution is 2.32. The molecule has 3 N–H and O–H groups in total. The molecule has 0 aliphatic heterocycles. The maximum absolute atomic E-state index is 11.1. The van der Waals surface area contributed by atoms with E-state index in [-0.39, 0.29) is 10.7 Å². The summed E-state index contributed by atoms with van der Waals surface area (Å²) in [5.41, 5.74) is 5.51. The van der Waals surface area contributed by atoms with Crippen LogP contribution >= 0.6 is 11.6 Å². The third kappa shape index (κ3) is 2.82. The number of nitrogens with zero attached hydrogens (tertiary/aromatic N) is 2. The molecular weight excluding hydrogens is 228 g/mol. The van der Waals surface area contributed by atoms with Gasteiger partial charge in [-0.2, -0.15) is 0 Å². The fraction of sp³-hybridized carbons (Fsp3) is 0.500. The second-order valence-electron chi connectivity index (χ2n) is 3.95. The largest absolute Gasteiger partial charge is 0.368 e. The van der Waals surface area contributed by atoms with Gasteiger partial charge in [-0.15, -0.1) is 10.2 Å². The molecular formula is C10H13ClN4O. The molecule has 0 aromatic carbocycles. The third-order valence-corrected chi connectivity index (χ3v) is 2.76. The first-order valence-electron chi connectivity index (χ1n) is 5.23. The van der Waals surface area contributed by atoms with Crippen molar-refractivity contribution in [1.82, 2.24) is 10.2 Å². The van der Waals surface area contributed by atoms with E-state index in [0.717, 1.165) is 18.9 Å². The van der Waals surface area contributed by atoms with Crippen LogP contribution in [0.4, 0.5) is 5.82 Å². The molecule has 1 saturated carbocycles. The number of carbonyl (C=O) groups is 1. The minimum atomic E-state index is -0.550. The first-order chi connectivity index (χ1) is 7.66. The molecule has 1 amide bonds. The van der Waals surface area contributed by atoms with Gasteiger partial charge >= 0.3 is 0 Å².